The van der Waals surface area contributed by atoms with Gasteiger partial charge in [-0.1, -0.05) is 61.2 Å². The third-order valence-corrected chi connectivity index (χ3v) is 6.61. The van der Waals surface area contributed by atoms with Crippen molar-refractivity contribution in [3.63, 3.8) is 0 Å². The normalized spacial score (nSPS) is 11.4. The van der Waals surface area contributed by atoms with Crippen LogP contribution in [0.2, 0.25) is 19.6 Å². The molecule has 3 heteroatoms. The minimum Gasteiger partial charge on any atom is -0.380 e. The maximum Gasteiger partial charge on any atom is 0.0775 e. The lowest BCUT2D eigenvalue weighted by Gasteiger charge is -2.17. The van der Waals surface area contributed by atoms with Gasteiger partial charge in [-0.3, -0.25) is 0 Å². The van der Waals surface area contributed by atoms with E-state index in [1.165, 1.54) is 16.3 Å². The first-order valence-corrected chi connectivity index (χ1v) is 11.3. The van der Waals surface area contributed by atoms with Gasteiger partial charge < -0.3 is 5.32 Å². The average molecular weight is 348 g/mol. The van der Waals surface area contributed by atoms with Gasteiger partial charge in [-0.2, -0.15) is 0 Å². The highest BCUT2D eigenvalue weighted by Gasteiger charge is 2.15. The lowest BCUT2D eigenvalue weighted by atomic mass is 10.2. The first-order valence-electron chi connectivity index (χ1n) is 6.96. The van der Waals surface area contributed by atoms with Crippen LogP contribution >= 0.6 is 15.9 Å². The third kappa shape index (κ3) is 3.74. The van der Waals surface area contributed by atoms with E-state index >= 15 is 0 Å². The molecule has 0 saturated heterocycles. The van der Waals surface area contributed by atoms with E-state index in [0.29, 0.717) is 0 Å². The first-order chi connectivity index (χ1) is 9.38. The molecule has 2 rings (SSSR count). The maximum atomic E-state index is 3.63. The minimum atomic E-state index is -1.19. The molecule has 20 heavy (non-hydrogen) atoms. The molecule has 0 aliphatic heterocycles. The Balaban J connectivity index is 2.06. The largest absolute Gasteiger partial charge is 0.380 e. The van der Waals surface area contributed by atoms with E-state index in [1.54, 1.807) is 0 Å². The van der Waals surface area contributed by atoms with Crippen LogP contribution in [0.4, 0.5) is 5.69 Å². The Morgan fingerprint density at radius 2 is 1.65 bits per heavy atom. The van der Waals surface area contributed by atoms with Gasteiger partial charge in [-0.25, -0.2) is 0 Å². The lowest BCUT2D eigenvalue weighted by molar-refractivity contribution is 1.14. The lowest BCUT2D eigenvalue weighted by Crippen LogP contribution is -2.37. The molecule has 0 fully saturated rings. The van der Waals surface area contributed by atoms with Crippen LogP contribution < -0.4 is 10.5 Å². The van der Waals surface area contributed by atoms with Crippen LogP contribution in [0.3, 0.4) is 0 Å². The summed E-state index contributed by atoms with van der Waals surface area (Å²) in [4.78, 5) is 0. The summed E-state index contributed by atoms with van der Waals surface area (Å²) in [7, 11) is -1.19. The van der Waals surface area contributed by atoms with E-state index in [1.807, 2.05) is 0 Å². The highest BCUT2D eigenvalue weighted by atomic mass is 79.9. The zero-order valence-electron chi connectivity index (χ0n) is 12.6. The van der Waals surface area contributed by atoms with Crippen molar-refractivity contribution in [3.8, 4) is 0 Å². The molecule has 0 aliphatic rings. The van der Waals surface area contributed by atoms with E-state index in [9.17, 15) is 0 Å². The number of hydrogen-bond acceptors (Lipinski definition) is 1. The summed E-state index contributed by atoms with van der Waals surface area (Å²) in [5.41, 5.74) is 3.73. The molecule has 0 atom stereocenters. The summed E-state index contributed by atoms with van der Waals surface area (Å²) in [5.74, 6) is 0. The molecule has 106 valence electrons. The van der Waals surface area contributed by atoms with Crippen molar-refractivity contribution >= 4 is 34.9 Å². The molecule has 2 aromatic rings. The van der Waals surface area contributed by atoms with Crippen LogP contribution in [0.1, 0.15) is 11.1 Å². The second-order valence-corrected chi connectivity index (χ2v) is 12.1. The Morgan fingerprint density at radius 1 is 1.00 bits per heavy atom. The molecule has 0 bridgehead atoms. The maximum absolute atomic E-state index is 3.63. The summed E-state index contributed by atoms with van der Waals surface area (Å²) < 4.78 is 1.15. The van der Waals surface area contributed by atoms with E-state index in [4.69, 9.17) is 0 Å². The first kappa shape index (κ1) is 15.3. The van der Waals surface area contributed by atoms with Gasteiger partial charge in [0.1, 0.15) is 0 Å². The van der Waals surface area contributed by atoms with Gasteiger partial charge in [0.2, 0.25) is 0 Å². The average Bonchev–Trinajstić information content (AvgIpc) is 2.40. The second kappa shape index (κ2) is 6.14. The van der Waals surface area contributed by atoms with Gasteiger partial charge in [-0.15, -0.1) is 0 Å². The van der Waals surface area contributed by atoms with Gasteiger partial charge in [0.25, 0.3) is 0 Å². The Kier molecular flexibility index (Phi) is 4.71. The third-order valence-electron chi connectivity index (χ3n) is 3.49. The van der Waals surface area contributed by atoms with Crippen LogP contribution in [0.15, 0.2) is 46.9 Å². The standard InChI is InChI=1S/C17H22BrNSi/c1-13-6-5-7-16(17(13)18)19-12-14-8-10-15(11-9-14)20(2,3)4/h5-11,19H,12H2,1-4H3. The fourth-order valence-corrected chi connectivity index (χ4v) is 3.68. The highest BCUT2D eigenvalue weighted by Crippen LogP contribution is 2.26. The molecular formula is C17H22BrNSi. The second-order valence-electron chi connectivity index (χ2n) is 6.24. The monoisotopic (exact) mass is 347 g/mol. The van der Waals surface area contributed by atoms with Crippen LogP contribution in [0, 0.1) is 6.92 Å². The zero-order chi connectivity index (χ0) is 14.8. The summed E-state index contributed by atoms with van der Waals surface area (Å²) in [6.45, 7) is 10.1. The van der Waals surface area contributed by atoms with Crippen molar-refractivity contribution in [2.24, 2.45) is 0 Å². The van der Waals surface area contributed by atoms with Gasteiger partial charge in [0.05, 0.1) is 8.07 Å². The van der Waals surface area contributed by atoms with Gasteiger partial charge in [-0.05, 0) is 40.0 Å². The summed E-state index contributed by atoms with van der Waals surface area (Å²) in [5, 5.41) is 5.00. The van der Waals surface area contributed by atoms with Crippen LogP contribution in [0.25, 0.3) is 0 Å². The quantitative estimate of drug-likeness (QED) is 0.774. The van der Waals surface area contributed by atoms with Crippen LogP contribution in [0.5, 0.6) is 0 Å². The van der Waals surface area contributed by atoms with E-state index < -0.39 is 8.07 Å². The molecule has 1 nitrogen and oxygen atoms in total. The van der Waals surface area contributed by atoms with Crippen molar-refractivity contribution in [1.82, 2.24) is 0 Å². The molecule has 0 unspecified atom stereocenters. The Morgan fingerprint density at radius 3 is 2.25 bits per heavy atom. The number of nitrogens with one attached hydrogen (secondary N) is 1. The number of aryl methyl sites for hydroxylation is 1. The predicted molar refractivity (Wildman–Crippen MR) is 95.6 cm³/mol. The van der Waals surface area contributed by atoms with Crippen molar-refractivity contribution in [2.45, 2.75) is 33.1 Å². The number of benzene rings is 2. The molecule has 0 spiro atoms. The fourth-order valence-electron chi connectivity index (χ4n) is 2.10. The summed E-state index contributed by atoms with van der Waals surface area (Å²) in [6.07, 6.45) is 0. The Bertz CT molecular complexity index is 585. The molecule has 0 saturated carbocycles. The molecule has 0 aliphatic carbocycles. The highest BCUT2D eigenvalue weighted by molar-refractivity contribution is 9.10. The van der Waals surface area contributed by atoms with Crippen LogP contribution in [-0.4, -0.2) is 8.07 Å². The molecule has 0 aromatic heterocycles. The Hall–Kier alpha value is -1.06. The number of rotatable bonds is 4. The molecule has 0 radical (unpaired) electrons. The van der Waals surface area contributed by atoms with E-state index in [-0.39, 0.29) is 0 Å². The topological polar surface area (TPSA) is 12.0 Å². The molecule has 0 heterocycles. The van der Waals surface area contributed by atoms with E-state index in [2.05, 4.69) is 90.3 Å². The van der Waals surface area contributed by atoms with Crippen molar-refractivity contribution in [3.05, 3.63) is 58.1 Å². The van der Waals surface area contributed by atoms with E-state index in [0.717, 1.165) is 16.7 Å². The van der Waals surface area contributed by atoms with Crippen LogP contribution in [-0.2, 0) is 6.54 Å². The molecule has 0 amide bonds. The minimum absolute atomic E-state index is 0.855. The number of hydrogen-bond donors (Lipinski definition) is 1. The van der Waals surface area contributed by atoms with Gasteiger partial charge in [0.15, 0.2) is 0 Å². The van der Waals surface area contributed by atoms with Gasteiger partial charge >= 0.3 is 0 Å². The Labute approximate surface area is 131 Å². The number of halogens is 1. The predicted octanol–water partition coefficient (Wildman–Crippen LogP) is 4.91. The summed E-state index contributed by atoms with van der Waals surface area (Å²) >= 11 is 3.63. The van der Waals surface area contributed by atoms with Crippen molar-refractivity contribution in [2.75, 3.05) is 5.32 Å². The molecule has 2 aromatic carbocycles. The molecular weight excluding hydrogens is 326 g/mol. The number of anilines is 1. The summed E-state index contributed by atoms with van der Waals surface area (Å²) in [6, 6.07) is 15.3. The fraction of sp³-hybridized carbons (Fsp3) is 0.294. The van der Waals surface area contributed by atoms with Crippen molar-refractivity contribution < 1.29 is 0 Å². The smallest absolute Gasteiger partial charge is 0.0775 e. The molecule has 1 N–H and O–H groups in total. The SMILES string of the molecule is Cc1cccc(NCc2ccc([Si](C)(C)C)cc2)c1Br. The van der Waals surface area contributed by atoms with Crippen molar-refractivity contribution in [1.29, 1.82) is 0 Å². The zero-order valence-corrected chi connectivity index (χ0v) is 15.2. The van der Waals surface area contributed by atoms with Gasteiger partial charge in [0, 0.05) is 16.7 Å².